The molecule has 1 saturated heterocycles. The van der Waals surface area contributed by atoms with Gasteiger partial charge in [0.1, 0.15) is 0 Å². The van der Waals surface area contributed by atoms with Crippen LogP contribution >= 0.6 is 0 Å². The highest BCUT2D eigenvalue weighted by Gasteiger charge is 2.41. The zero-order valence-corrected chi connectivity index (χ0v) is 16.7. The smallest absolute Gasteiger partial charge is 0.381 e. The maximum Gasteiger partial charge on any atom is 0.416 e. The van der Waals surface area contributed by atoms with Crippen LogP contribution in [0.25, 0.3) is 0 Å². The van der Waals surface area contributed by atoms with E-state index in [1.54, 1.807) is 7.05 Å². The second-order valence-electron chi connectivity index (χ2n) is 7.87. The summed E-state index contributed by atoms with van der Waals surface area (Å²) in [5.74, 6) is 1.33. The van der Waals surface area contributed by atoms with E-state index < -0.39 is 11.7 Å². The fourth-order valence-electron chi connectivity index (χ4n) is 4.22. The fourth-order valence-corrected chi connectivity index (χ4v) is 4.22. The van der Waals surface area contributed by atoms with Crippen LogP contribution in [0, 0.1) is 5.92 Å². The maximum atomic E-state index is 13.1. The van der Waals surface area contributed by atoms with Gasteiger partial charge in [0.15, 0.2) is 5.96 Å². The molecule has 0 bridgehead atoms. The fraction of sp³-hybridized carbons (Fsp3) is 0.667. The molecule has 1 aliphatic carbocycles. The third-order valence-corrected chi connectivity index (χ3v) is 6.05. The number of benzene rings is 1. The monoisotopic (exact) mass is 397 g/mol. The summed E-state index contributed by atoms with van der Waals surface area (Å²) in [6.07, 6.45) is -0.414. The molecule has 1 heterocycles. The summed E-state index contributed by atoms with van der Waals surface area (Å²) in [6, 6.07) is 5.81. The molecule has 156 valence electrons. The molecular formula is C21H30F3N3O. The number of hydrogen-bond acceptors (Lipinski definition) is 2. The summed E-state index contributed by atoms with van der Waals surface area (Å²) >= 11 is 0. The molecule has 0 amide bonds. The van der Waals surface area contributed by atoms with E-state index in [9.17, 15) is 13.2 Å². The van der Waals surface area contributed by atoms with Gasteiger partial charge in [-0.15, -0.1) is 0 Å². The number of nitrogens with zero attached hydrogens (tertiary/aromatic N) is 2. The number of aliphatic imine (C=N–C) groups is 1. The van der Waals surface area contributed by atoms with Crippen LogP contribution in [-0.2, 0) is 16.3 Å². The Kier molecular flexibility index (Phi) is 6.53. The first-order valence-electron chi connectivity index (χ1n) is 10.1. The number of ether oxygens (including phenoxy) is 1. The topological polar surface area (TPSA) is 36.9 Å². The molecule has 1 aliphatic heterocycles. The van der Waals surface area contributed by atoms with Crippen molar-refractivity contribution < 1.29 is 17.9 Å². The molecule has 7 heteroatoms. The standard InChI is InChI=1S/C21H30F3N3O/c1-3-28-14-16-8-11-27(13-16)19(25-2)26-15-20(9-5-10-20)17-6-4-7-18(12-17)21(22,23)24/h4,6-7,12,16H,3,5,8-11,13-15H2,1-2H3,(H,25,26). The van der Waals surface area contributed by atoms with Crippen molar-refractivity contribution in [3.63, 3.8) is 0 Å². The third-order valence-electron chi connectivity index (χ3n) is 6.05. The molecule has 1 unspecified atom stereocenters. The van der Waals surface area contributed by atoms with Gasteiger partial charge in [-0.1, -0.05) is 24.6 Å². The lowest BCUT2D eigenvalue weighted by atomic mass is 9.64. The van der Waals surface area contributed by atoms with Crippen molar-refractivity contribution in [3.05, 3.63) is 35.4 Å². The average Bonchev–Trinajstić information content (AvgIpc) is 3.10. The molecule has 1 atom stereocenters. The van der Waals surface area contributed by atoms with Gasteiger partial charge < -0.3 is 15.0 Å². The van der Waals surface area contributed by atoms with Crippen LogP contribution in [0.4, 0.5) is 13.2 Å². The maximum absolute atomic E-state index is 13.1. The minimum absolute atomic E-state index is 0.248. The molecule has 1 aromatic carbocycles. The largest absolute Gasteiger partial charge is 0.416 e. The van der Waals surface area contributed by atoms with E-state index in [0.717, 1.165) is 69.6 Å². The second-order valence-corrected chi connectivity index (χ2v) is 7.87. The molecule has 1 N–H and O–H groups in total. The van der Waals surface area contributed by atoms with Crippen molar-refractivity contribution in [2.75, 3.05) is 39.9 Å². The first-order chi connectivity index (χ1) is 13.4. The van der Waals surface area contributed by atoms with Crippen LogP contribution in [0.3, 0.4) is 0 Å². The van der Waals surface area contributed by atoms with Crippen LogP contribution in [0.15, 0.2) is 29.3 Å². The van der Waals surface area contributed by atoms with Gasteiger partial charge in [-0.3, -0.25) is 4.99 Å². The third kappa shape index (κ3) is 4.62. The first kappa shape index (κ1) is 21.0. The molecule has 4 nitrogen and oxygen atoms in total. The van der Waals surface area contributed by atoms with Crippen LogP contribution < -0.4 is 5.32 Å². The van der Waals surface area contributed by atoms with Crippen LogP contribution in [0.2, 0.25) is 0 Å². The van der Waals surface area contributed by atoms with E-state index >= 15 is 0 Å². The second kappa shape index (κ2) is 8.72. The van der Waals surface area contributed by atoms with Gasteiger partial charge in [0.05, 0.1) is 12.2 Å². The Hall–Kier alpha value is -1.76. The quantitative estimate of drug-likeness (QED) is 0.581. The van der Waals surface area contributed by atoms with Crippen molar-refractivity contribution in [2.45, 2.75) is 44.2 Å². The summed E-state index contributed by atoms with van der Waals surface area (Å²) in [7, 11) is 1.76. The van der Waals surface area contributed by atoms with Crippen LogP contribution in [0.5, 0.6) is 0 Å². The minimum Gasteiger partial charge on any atom is -0.381 e. The van der Waals surface area contributed by atoms with E-state index in [2.05, 4.69) is 15.2 Å². The molecule has 0 aromatic heterocycles. The van der Waals surface area contributed by atoms with Gasteiger partial charge in [0.25, 0.3) is 0 Å². The number of hydrogen-bond donors (Lipinski definition) is 1. The lowest BCUT2D eigenvalue weighted by Gasteiger charge is -2.43. The highest BCUT2D eigenvalue weighted by atomic mass is 19.4. The van der Waals surface area contributed by atoms with E-state index in [-0.39, 0.29) is 5.41 Å². The molecule has 28 heavy (non-hydrogen) atoms. The molecular weight excluding hydrogens is 367 g/mol. The zero-order chi connectivity index (χ0) is 20.2. The summed E-state index contributed by atoms with van der Waals surface area (Å²) in [6.45, 7) is 5.91. The number of alkyl halides is 3. The Morgan fingerprint density at radius 1 is 1.36 bits per heavy atom. The van der Waals surface area contributed by atoms with Crippen molar-refractivity contribution in [3.8, 4) is 0 Å². The summed E-state index contributed by atoms with van der Waals surface area (Å²) in [5, 5.41) is 3.44. The van der Waals surface area contributed by atoms with E-state index in [1.165, 1.54) is 12.1 Å². The number of guanidine groups is 1. The van der Waals surface area contributed by atoms with E-state index in [4.69, 9.17) is 4.74 Å². The Bertz CT molecular complexity index is 686. The van der Waals surface area contributed by atoms with Crippen LogP contribution in [-0.4, -0.2) is 50.8 Å². The Balaban J connectivity index is 1.65. The molecule has 1 aromatic rings. The molecule has 2 aliphatic rings. The molecule has 0 spiro atoms. The minimum atomic E-state index is -4.31. The van der Waals surface area contributed by atoms with Crippen molar-refractivity contribution in [1.82, 2.24) is 10.2 Å². The zero-order valence-electron chi connectivity index (χ0n) is 16.7. The molecule has 1 saturated carbocycles. The molecule has 2 fully saturated rings. The number of likely N-dealkylation sites (tertiary alicyclic amines) is 1. The highest BCUT2D eigenvalue weighted by Crippen LogP contribution is 2.44. The summed E-state index contributed by atoms with van der Waals surface area (Å²) in [4.78, 5) is 6.63. The Morgan fingerprint density at radius 2 is 2.14 bits per heavy atom. The molecule has 3 rings (SSSR count). The predicted molar refractivity (Wildman–Crippen MR) is 105 cm³/mol. The lowest BCUT2D eigenvalue weighted by molar-refractivity contribution is -0.137. The number of halogens is 3. The predicted octanol–water partition coefficient (Wildman–Crippen LogP) is 4.06. The van der Waals surface area contributed by atoms with E-state index in [0.29, 0.717) is 12.5 Å². The van der Waals surface area contributed by atoms with Crippen molar-refractivity contribution in [2.24, 2.45) is 10.9 Å². The van der Waals surface area contributed by atoms with Gasteiger partial charge in [0, 0.05) is 44.6 Å². The lowest BCUT2D eigenvalue weighted by Crippen LogP contribution is -2.49. The Labute approximate surface area is 165 Å². The van der Waals surface area contributed by atoms with Gasteiger partial charge in [-0.25, -0.2) is 0 Å². The van der Waals surface area contributed by atoms with E-state index in [1.807, 2.05) is 13.0 Å². The number of rotatable bonds is 6. The van der Waals surface area contributed by atoms with Gasteiger partial charge in [0.2, 0.25) is 0 Å². The van der Waals surface area contributed by atoms with Gasteiger partial charge >= 0.3 is 6.18 Å². The van der Waals surface area contributed by atoms with Crippen LogP contribution in [0.1, 0.15) is 43.7 Å². The van der Waals surface area contributed by atoms with Crippen molar-refractivity contribution in [1.29, 1.82) is 0 Å². The number of nitrogens with one attached hydrogen (secondary N) is 1. The summed E-state index contributed by atoms with van der Waals surface area (Å²) < 4.78 is 44.9. The van der Waals surface area contributed by atoms with Gasteiger partial charge in [-0.2, -0.15) is 13.2 Å². The SMILES string of the molecule is CCOCC1CCN(C(=NC)NCC2(c3cccc(C(F)(F)F)c3)CCC2)C1. The Morgan fingerprint density at radius 3 is 2.75 bits per heavy atom. The average molecular weight is 397 g/mol. The molecule has 0 radical (unpaired) electrons. The summed E-state index contributed by atoms with van der Waals surface area (Å²) in [5.41, 5.74) is -0.0482. The van der Waals surface area contributed by atoms with Crippen molar-refractivity contribution >= 4 is 5.96 Å². The normalized spacial score (nSPS) is 22.2. The first-order valence-corrected chi connectivity index (χ1v) is 10.1. The van der Waals surface area contributed by atoms with Gasteiger partial charge in [-0.05, 0) is 37.8 Å². The highest BCUT2D eigenvalue weighted by molar-refractivity contribution is 5.80.